The second kappa shape index (κ2) is 9.60. The first-order valence-corrected chi connectivity index (χ1v) is 9.60. The number of amides is 1. The highest BCUT2D eigenvalue weighted by Gasteiger charge is 2.25. The number of carbonyl (C=O) groups excluding carboxylic acids is 3. The van der Waals surface area contributed by atoms with Crippen LogP contribution in [0.2, 0.25) is 5.02 Å². The van der Waals surface area contributed by atoms with Crippen LogP contribution < -0.4 is 5.32 Å². The monoisotopic (exact) mass is 420 g/mol. The van der Waals surface area contributed by atoms with Crippen LogP contribution in [0.5, 0.6) is 0 Å². The topological polar surface area (TPSA) is 97.5 Å². The van der Waals surface area contributed by atoms with E-state index in [4.69, 9.17) is 21.1 Å². The Kier molecular flexibility index (Phi) is 7.45. The number of aromatic nitrogens is 1. The standard InChI is InChI=1S/C21H25ClN2O5/c1-11(2)29-20(26)18-12(3)19(24-14(18)5)21(27)28-10-17(25)23-13(4)15-6-8-16(22)9-7-15/h6-9,11,13,24H,10H2,1-5H3,(H,23,25)/t13-/m0/s1. The molecule has 1 atom stereocenters. The third kappa shape index (κ3) is 5.84. The van der Waals surface area contributed by atoms with Gasteiger partial charge in [-0.1, -0.05) is 23.7 Å². The number of halogens is 1. The average molecular weight is 421 g/mol. The fourth-order valence-electron chi connectivity index (χ4n) is 2.85. The fourth-order valence-corrected chi connectivity index (χ4v) is 2.98. The molecule has 0 fully saturated rings. The van der Waals surface area contributed by atoms with Crippen LogP contribution in [0, 0.1) is 13.8 Å². The number of benzene rings is 1. The summed E-state index contributed by atoms with van der Waals surface area (Å²) in [6, 6.07) is 6.81. The number of aryl methyl sites for hydroxylation is 1. The van der Waals surface area contributed by atoms with Gasteiger partial charge in [-0.3, -0.25) is 4.79 Å². The minimum atomic E-state index is -0.719. The van der Waals surface area contributed by atoms with E-state index in [1.807, 2.05) is 19.1 Å². The molecule has 1 aromatic carbocycles. The molecule has 7 nitrogen and oxygen atoms in total. The van der Waals surface area contributed by atoms with Crippen LogP contribution in [0.15, 0.2) is 24.3 Å². The van der Waals surface area contributed by atoms with Crippen molar-refractivity contribution in [2.45, 2.75) is 46.8 Å². The van der Waals surface area contributed by atoms with E-state index in [-0.39, 0.29) is 17.8 Å². The highest BCUT2D eigenvalue weighted by molar-refractivity contribution is 6.30. The van der Waals surface area contributed by atoms with Gasteiger partial charge in [0.1, 0.15) is 5.69 Å². The van der Waals surface area contributed by atoms with Crippen LogP contribution >= 0.6 is 11.6 Å². The molecule has 0 saturated heterocycles. The molecule has 1 heterocycles. The number of hydrogen-bond donors (Lipinski definition) is 2. The highest BCUT2D eigenvalue weighted by Crippen LogP contribution is 2.20. The molecule has 0 bridgehead atoms. The van der Waals surface area contributed by atoms with Crippen LogP contribution in [0.4, 0.5) is 0 Å². The molecule has 156 valence electrons. The second-order valence-electron chi connectivity index (χ2n) is 7.00. The SMILES string of the molecule is Cc1[nH]c(C(=O)OCC(=O)N[C@@H](C)c2ccc(Cl)cc2)c(C)c1C(=O)OC(C)C. The van der Waals surface area contributed by atoms with Crippen molar-refractivity contribution in [2.75, 3.05) is 6.61 Å². The van der Waals surface area contributed by atoms with Gasteiger partial charge in [0, 0.05) is 10.7 Å². The second-order valence-corrected chi connectivity index (χ2v) is 7.43. The normalized spacial score (nSPS) is 11.8. The highest BCUT2D eigenvalue weighted by atomic mass is 35.5. The van der Waals surface area contributed by atoms with E-state index in [9.17, 15) is 14.4 Å². The molecular formula is C21H25ClN2O5. The Morgan fingerprint density at radius 1 is 1.07 bits per heavy atom. The van der Waals surface area contributed by atoms with E-state index in [0.717, 1.165) is 5.56 Å². The zero-order chi connectivity index (χ0) is 21.7. The van der Waals surface area contributed by atoms with Gasteiger partial charge in [-0.2, -0.15) is 0 Å². The third-order valence-electron chi connectivity index (χ3n) is 4.27. The predicted octanol–water partition coefficient (Wildman–Crippen LogP) is 3.88. The maximum atomic E-state index is 12.4. The Bertz CT molecular complexity index is 903. The first kappa shape index (κ1) is 22.5. The van der Waals surface area contributed by atoms with Crippen molar-refractivity contribution < 1.29 is 23.9 Å². The van der Waals surface area contributed by atoms with Gasteiger partial charge in [-0.15, -0.1) is 0 Å². The Hall–Kier alpha value is -2.80. The van der Waals surface area contributed by atoms with E-state index in [0.29, 0.717) is 21.8 Å². The lowest BCUT2D eigenvalue weighted by molar-refractivity contribution is -0.124. The van der Waals surface area contributed by atoms with Crippen molar-refractivity contribution in [2.24, 2.45) is 0 Å². The summed E-state index contributed by atoms with van der Waals surface area (Å²) in [5, 5.41) is 3.36. The van der Waals surface area contributed by atoms with Crippen molar-refractivity contribution in [1.29, 1.82) is 0 Å². The minimum absolute atomic E-state index is 0.122. The van der Waals surface area contributed by atoms with Crippen molar-refractivity contribution in [1.82, 2.24) is 10.3 Å². The Balaban J connectivity index is 1.97. The summed E-state index contributed by atoms with van der Waals surface area (Å²) >= 11 is 5.86. The van der Waals surface area contributed by atoms with E-state index in [1.54, 1.807) is 39.8 Å². The lowest BCUT2D eigenvalue weighted by atomic mass is 10.1. The van der Waals surface area contributed by atoms with Gasteiger partial charge >= 0.3 is 11.9 Å². The van der Waals surface area contributed by atoms with E-state index in [2.05, 4.69) is 10.3 Å². The first-order valence-electron chi connectivity index (χ1n) is 9.22. The minimum Gasteiger partial charge on any atom is -0.459 e. The maximum absolute atomic E-state index is 12.4. The first-order chi connectivity index (χ1) is 13.6. The molecule has 29 heavy (non-hydrogen) atoms. The molecule has 8 heteroatoms. The predicted molar refractivity (Wildman–Crippen MR) is 109 cm³/mol. The van der Waals surface area contributed by atoms with Gasteiger partial charge in [-0.25, -0.2) is 9.59 Å². The molecule has 0 aliphatic rings. The van der Waals surface area contributed by atoms with Gasteiger partial charge in [0.15, 0.2) is 6.61 Å². The summed E-state index contributed by atoms with van der Waals surface area (Å²) in [6.07, 6.45) is -0.280. The molecule has 2 rings (SSSR count). The molecule has 2 N–H and O–H groups in total. The smallest absolute Gasteiger partial charge is 0.355 e. The number of hydrogen-bond acceptors (Lipinski definition) is 5. The van der Waals surface area contributed by atoms with Crippen LogP contribution in [-0.2, 0) is 14.3 Å². The van der Waals surface area contributed by atoms with E-state index >= 15 is 0 Å². The van der Waals surface area contributed by atoms with Crippen molar-refractivity contribution in [3.8, 4) is 0 Å². The van der Waals surface area contributed by atoms with E-state index < -0.39 is 24.5 Å². The van der Waals surface area contributed by atoms with Gasteiger partial charge < -0.3 is 19.8 Å². The zero-order valence-corrected chi connectivity index (χ0v) is 17.8. The lowest BCUT2D eigenvalue weighted by Crippen LogP contribution is -2.31. The quantitative estimate of drug-likeness (QED) is 0.662. The van der Waals surface area contributed by atoms with Gasteiger partial charge in [-0.05, 0) is 57.9 Å². The number of nitrogens with one attached hydrogen (secondary N) is 2. The summed E-state index contributed by atoms with van der Waals surface area (Å²) < 4.78 is 10.3. The zero-order valence-electron chi connectivity index (χ0n) is 17.1. The number of ether oxygens (including phenoxy) is 2. The molecule has 0 radical (unpaired) electrons. The van der Waals surface area contributed by atoms with E-state index in [1.165, 1.54) is 0 Å². The van der Waals surface area contributed by atoms with Crippen LogP contribution in [0.1, 0.15) is 64.5 Å². The molecule has 2 aromatic rings. The molecule has 1 aromatic heterocycles. The number of carbonyl (C=O) groups is 3. The summed E-state index contributed by atoms with van der Waals surface area (Å²) in [7, 11) is 0. The summed E-state index contributed by atoms with van der Waals surface area (Å²) in [5.41, 5.74) is 2.22. The average Bonchev–Trinajstić information content (AvgIpc) is 2.94. The Morgan fingerprint density at radius 3 is 2.28 bits per heavy atom. The molecular weight excluding hydrogens is 396 g/mol. The molecule has 0 aliphatic carbocycles. The van der Waals surface area contributed by atoms with Crippen LogP contribution in [0.25, 0.3) is 0 Å². The number of rotatable bonds is 7. The Morgan fingerprint density at radius 2 is 1.69 bits per heavy atom. The molecule has 1 amide bonds. The number of aromatic amines is 1. The van der Waals surface area contributed by atoms with Crippen LogP contribution in [-0.4, -0.2) is 35.5 Å². The maximum Gasteiger partial charge on any atom is 0.355 e. The van der Waals surface area contributed by atoms with Crippen molar-refractivity contribution in [3.63, 3.8) is 0 Å². The lowest BCUT2D eigenvalue weighted by Gasteiger charge is -2.14. The van der Waals surface area contributed by atoms with Crippen LogP contribution in [0.3, 0.4) is 0 Å². The van der Waals surface area contributed by atoms with Gasteiger partial charge in [0.05, 0.1) is 17.7 Å². The summed E-state index contributed by atoms with van der Waals surface area (Å²) in [6.45, 7) is 8.15. The fraction of sp³-hybridized carbons (Fsp3) is 0.381. The Labute approximate surface area is 174 Å². The third-order valence-corrected chi connectivity index (χ3v) is 4.52. The largest absolute Gasteiger partial charge is 0.459 e. The number of esters is 2. The molecule has 0 spiro atoms. The number of H-pyrrole nitrogens is 1. The molecule has 0 saturated carbocycles. The molecule has 0 aliphatic heterocycles. The van der Waals surface area contributed by atoms with Gasteiger partial charge in [0.25, 0.3) is 5.91 Å². The van der Waals surface area contributed by atoms with Gasteiger partial charge in [0.2, 0.25) is 0 Å². The van der Waals surface area contributed by atoms with Crippen molar-refractivity contribution >= 4 is 29.4 Å². The molecule has 0 unspecified atom stereocenters. The van der Waals surface area contributed by atoms with Crippen molar-refractivity contribution in [3.05, 3.63) is 57.4 Å². The summed E-state index contributed by atoms with van der Waals surface area (Å²) in [5.74, 6) is -1.68. The summed E-state index contributed by atoms with van der Waals surface area (Å²) in [4.78, 5) is 39.5.